The highest BCUT2D eigenvalue weighted by Gasteiger charge is 2.51. The first-order chi connectivity index (χ1) is 15.2. The van der Waals surface area contributed by atoms with Crippen LogP contribution in [0.15, 0.2) is 11.1 Å². The molecule has 1 heteroatoms. The maximum atomic E-state index is 11.6. The van der Waals surface area contributed by atoms with Gasteiger partial charge in [0.15, 0.2) is 0 Å². The summed E-state index contributed by atoms with van der Waals surface area (Å²) in [6.45, 7) is 0. The van der Waals surface area contributed by atoms with E-state index >= 15 is 0 Å². The maximum absolute atomic E-state index is 11.6. The van der Waals surface area contributed by atoms with Gasteiger partial charge in [-0.1, -0.05) is 11.1 Å². The lowest BCUT2D eigenvalue weighted by Gasteiger charge is -2.57. The summed E-state index contributed by atoms with van der Waals surface area (Å²) in [4.78, 5) is 11.6. The van der Waals surface area contributed by atoms with Gasteiger partial charge in [0.05, 0.1) is 0 Å². The molecule has 0 N–H and O–H groups in total. The van der Waals surface area contributed by atoms with E-state index in [1.807, 2.05) is 0 Å². The molecule has 12 saturated carbocycles. The molecule has 12 aliphatic carbocycles. The minimum absolute atomic E-state index is 0.506. The predicted molar refractivity (Wildman–Crippen MR) is 123 cm³/mol. The van der Waals surface area contributed by atoms with Gasteiger partial charge in [0.2, 0.25) is 0 Å². The summed E-state index contributed by atoms with van der Waals surface area (Å²) >= 11 is 0. The molecule has 1 nitrogen and oxygen atoms in total. The van der Waals surface area contributed by atoms with Crippen LogP contribution >= 0.6 is 0 Å². The fourth-order valence-electron chi connectivity index (χ4n) is 12.0. The Balaban J connectivity index is 0.000000123. The minimum atomic E-state index is 0.506. The molecule has 0 aromatic rings. The SMILES string of the molecule is C1C2CC3CC1CC(C2)C3=C1C2CC3CC(C2)CC1C3.O=C1C2CC3CC(C2)CC1C3. The van der Waals surface area contributed by atoms with Crippen molar-refractivity contribution in [3.63, 3.8) is 0 Å². The van der Waals surface area contributed by atoms with Crippen LogP contribution in [-0.4, -0.2) is 5.78 Å². The number of carbonyl (C=O) groups is 1. The first-order valence-corrected chi connectivity index (χ1v) is 14.4. The summed E-state index contributed by atoms with van der Waals surface area (Å²) in [5.41, 5.74) is 4.21. The lowest BCUT2D eigenvalue weighted by Crippen LogP contribution is -2.46. The van der Waals surface area contributed by atoms with Gasteiger partial charge in [-0.05, 0) is 155 Å². The largest absolute Gasteiger partial charge is 0.299 e. The second-order valence-corrected chi connectivity index (χ2v) is 14.2. The van der Waals surface area contributed by atoms with Crippen LogP contribution in [0.3, 0.4) is 0 Å². The number of rotatable bonds is 0. The number of allylic oxidation sites excluding steroid dienone is 2. The lowest BCUT2D eigenvalue weighted by atomic mass is 9.48. The van der Waals surface area contributed by atoms with E-state index in [9.17, 15) is 4.79 Å². The summed E-state index contributed by atoms with van der Waals surface area (Å²) in [7, 11) is 0. The van der Waals surface area contributed by atoms with E-state index in [4.69, 9.17) is 0 Å². The fraction of sp³-hybridized carbons (Fsp3) is 0.900. The average molecular weight is 419 g/mol. The molecule has 0 amide bonds. The van der Waals surface area contributed by atoms with Crippen molar-refractivity contribution in [1.82, 2.24) is 0 Å². The van der Waals surface area contributed by atoms with Gasteiger partial charge in [0.1, 0.15) is 5.78 Å². The molecule has 0 unspecified atom stereocenters. The highest BCUT2D eigenvalue weighted by molar-refractivity contribution is 5.85. The first-order valence-electron chi connectivity index (χ1n) is 14.4. The van der Waals surface area contributed by atoms with Crippen molar-refractivity contribution in [3.05, 3.63) is 11.1 Å². The topological polar surface area (TPSA) is 17.1 Å². The zero-order chi connectivity index (χ0) is 20.3. The monoisotopic (exact) mass is 418 g/mol. The van der Waals surface area contributed by atoms with Crippen molar-refractivity contribution in [1.29, 1.82) is 0 Å². The van der Waals surface area contributed by atoms with E-state index in [1.54, 1.807) is 64.2 Å². The number of ketones is 1. The van der Waals surface area contributed by atoms with Crippen LogP contribution in [0.1, 0.15) is 96.3 Å². The zero-order valence-corrected chi connectivity index (χ0v) is 19.4. The molecule has 12 aliphatic rings. The van der Waals surface area contributed by atoms with E-state index in [2.05, 4.69) is 11.1 Å². The van der Waals surface area contributed by atoms with Crippen molar-refractivity contribution in [2.45, 2.75) is 96.3 Å². The second-order valence-electron chi connectivity index (χ2n) is 14.2. The lowest BCUT2D eigenvalue weighted by molar-refractivity contribution is -0.139. The highest BCUT2D eigenvalue weighted by Crippen LogP contribution is 2.63. The molecule has 0 radical (unpaired) electrons. The molecule has 0 atom stereocenters. The Morgan fingerprint density at radius 2 is 0.548 bits per heavy atom. The molecule has 0 heterocycles. The Labute approximate surface area is 189 Å². The Hall–Kier alpha value is -0.590. The van der Waals surface area contributed by atoms with Gasteiger partial charge in [-0.2, -0.15) is 0 Å². The highest BCUT2D eigenvalue weighted by atomic mass is 16.1. The molecular weight excluding hydrogens is 376 g/mol. The zero-order valence-electron chi connectivity index (χ0n) is 19.4. The van der Waals surface area contributed by atoms with Crippen LogP contribution in [0.5, 0.6) is 0 Å². The van der Waals surface area contributed by atoms with Gasteiger partial charge in [0, 0.05) is 11.8 Å². The average Bonchev–Trinajstić information content (AvgIpc) is 2.72. The normalized spacial score (nSPS) is 57.0. The molecule has 0 spiro atoms. The van der Waals surface area contributed by atoms with Gasteiger partial charge in [0.25, 0.3) is 0 Å². The van der Waals surface area contributed by atoms with Crippen LogP contribution in [-0.2, 0) is 4.79 Å². The molecule has 12 fully saturated rings. The van der Waals surface area contributed by atoms with Crippen molar-refractivity contribution >= 4 is 5.78 Å². The number of hydrogen-bond donors (Lipinski definition) is 0. The Morgan fingerprint density at radius 1 is 0.323 bits per heavy atom. The van der Waals surface area contributed by atoms with Crippen molar-refractivity contribution < 1.29 is 4.79 Å². The third kappa shape index (κ3) is 2.89. The molecule has 0 aromatic carbocycles. The molecule has 0 aromatic heterocycles. The fourth-order valence-corrected chi connectivity index (χ4v) is 12.0. The van der Waals surface area contributed by atoms with Crippen LogP contribution in [0.2, 0.25) is 0 Å². The minimum Gasteiger partial charge on any atom is -0.299 e. The standard InChI is InChI=1S/C20H28.C10H14O/c1-11-3-15-5-12(1)6-16(4-11)19(15)20-17-7-13-2-14(9-17)10-18(20)8-13;11-10-8-2-6-1-7(4-8)5-9(10)3-6/h11-18H,1-10H2;6-9H,1-5H2. The van der Waals surface area contributed by atoms with E-state index in [1.165, 1.54) is 32.1 Å². The van der Waals surface area contributed by atoms with Crippen LogP contribution in [0, 0.1) is 71.0 Å². The molecule has 168 valence electrons. The van der Waals surface area contributed by atoms with Crippen molar-refractivity contribution in [3.8, 4) is 0 Å². The third-order valence-corrected chi connectivity index (χ3v) is 12.3. The smallest absolute Gasteiger partial charge is 0.139 e. The van der Waals surface area contributed by atoms with Crippen LogP contribution < -0.4 is 0 Å². The quantitative estimate of drug-likeness (QED) is 0.380. The molecule has 0 aliphatic heterocycles. The van der Waals surface area contributed by atoms with Crippen molar-refractivity contribution in [2.75, 3.05) is 0 Å². The molecule has 12 rings (SSSR count). The number of hydrogen-bond acceptors (Lipinski definition) is 1. The van der Waals surface area contributed by atoms with Gasteiger partial charge < -0.3 is 0 Å². The van der Waals surface area contributed by atoms with Gasteiger partial charge in [-0.15, -0.1) is 0 Å². The Morgan fingerprint density at radius 3 is 0.806 bits per heavy atom. The van der Waals surface area contributed by atoms with E-state index < -0.39 is 0 Å². The molecule has 0 saturated heterocycles. The van der Waals surface area contributed by atoms with E-state index in [-0.39, 0.29) is 0 Å². The van der Waals surface area contributed by atoms with E-state index in [0.29, 0.717) is 17.6 Å². The summed E-state index contributed by atoms with van der Waals surface area (Å²) in [5.74, 6) is 12.3. The third-order valence-electron chi connectivity index (χ3n) is 12.3. The summed E-state index contributed by atoms with van der Waals surface area (Å²) in [6.07, 6.45) is 22.4. The van der Waals surface area contributed by atoms with Crippen LogP contribution in [0.4, 0.5) is 0 Å². The Kier molecular flexibility index (Phi) is 4.08. The summed E-state index contributed by atoms with van der Waals surface area (Å²) in [6, 6.07) is 0. The first kappa shape index (κ1) is 18.8. The van der Waals surface area contributed by atoms with E-state index in [0.717, 1.165) is 59.2 Å². The predicted octanol–water partition coefficient (Wildman–Crippen LogP) is 7.21. The Bertz CT molecular complexity index is 682. The molecule has 31 heavy (non-hydrogen) atoms. The van der Waals surface area contributed by atoms with Crippen molar-refractivity contribution in [2.24, 2.45) is 71.0 Å². The maximum Gasteiger partial charge on any atom is 0.139 e. The van der Waals surface area contributed by atoms with Gasteiger partial charge >= 0.3 is 0 Å². The van der Waals surface area contributed by atoms with Gasteiger partial charge in [-0.3, -0.25) is 4.79 Å². The van der Waals surface area contributed by atoms with Crippen LogP contribution in [0.25, 0.3) is 0 Å². The summed E-state index contributed by atoms with van der Waals surface area (Å²) in [5, 5.41) is 0. The molecular formula is C30H42O. The summed E-state index contributed by atoms with van der Waals surface area (Å²) < 4.78 is 0. The number of Topliss-reactive ketones (excluding diaryl/α,β-unsaturated/α-hetero) is 1. The molecule has 12 bridgehead atoms. The second kappa shape index (κ2) is 6.73. The van der Waals surface area contributed by atoms with Gasteiger partial charge in [-0.25, -0.2) is 0 Å². The number of carbonyl (C=O) groups excluding carboxylic acids is 1.